The van der Waals surface area contributed by atoms with E-state index in [0.29, 0.717) is 30.7 Å². The Morgan fingerprint density at radius 1 is 1.08 bits per heavy atom. The molecule has 0 saturated carbocycles. The third-order valence-corrected chi connectivity index (χ3v) is 6.75. The molecule has 0 spiro atoms. The molecule has 7 nitrogen and oxygen atoms in total. The summed E-state index contributed by atoms with van der Waals surface area (Å²) in [6.07, 6.45) is 7.59. The molecule has 0 aliphatic carbocycles. The fourth-order valence-electron chi connectivity index (χ4n) is 4.87. The van der Waals surface area contributed by atoms with Crippen molar-refractivity contribution in [1.29, 1.82) is 0 Å². The highest BCUT2D eigenvalue weighted by atomic mass is 16.5. The zero-order chi connectivity index (χ0) is 25.6. The van der Waals surface area contributed by atoms with Gasteiger partial charge in [-0.1, -0.05) is 37.3 Å². The minimum Gasteiger partial charge on any atom is -0.437 e. The molecule has 1 saturated heterocycles. The number of anilines is 1. The van der Waals surface area contributed by atoms with Gasteiger partial charge in [-0.3, -0.25) is 4.79 Å². The van der Waals surface area contributed by atoms with E-state index in [1.165, 1.54) is 0 Å². The zero-order valence-corrected chi connectivity index (χ0v) is 21.5. The number of rotatable bonds is 9. The van der Waals surface area contributed by atoms with Gasteiger partial charge in [-0.15, -0.1) is 0 Å². The predicted molar refractivity (Wildman–Crippen MR) is 147 cm³/mol. The molecule has 0 bridgehead atoms. The van der Waals surface area contributed by atoms with Gasteiger partial charge in [-0.05, 0) is 67.4 Å². The molecule has 1 aliphatic heterocycles. The highest BCUT2D eigenvalue weighted by Gasteiger charge is 2.17. The molecule has 7 heteroatoms. The van der Waals surface area contributed by atoms with E-state index in [1.807, 2.05) is 56.3 Å². The highest BCUT2D eigenvalue weighted by molar-refractivity contribution is 5.95. The molecule has 3 heterocycles. The first-order chi connectivity index (χ1) is 18.1. The van der Waals surface area contributed by atoms with Crippen LogP contribution in [-0.4, -0.2) is 39.9 Å². The van der Waals surface area contributed by atoms with Crippen molar-refractivity contribution in [1.82, 2.24) is 20.3 Å². The fraction of sp³-hybridized carbons (Fsp3) is 0.333. The van der Waals surface area contributed by atoms with Crippen molar-refractivity contribution in [3.8, 4) is 22.9 Å². The van der Waals surface area contributed by atoms with Gasteiger partial charge in [0.15, 0.2) is 0 Å². The van der Waals surface area contributed by atoms with E-state index in [0.717, 1.165) is 71.3 Å². The lowest BCUT2D eigenvalue weighted by Gasteiger charge is -2.23. The molecule has 0 unspecified atom stereocenters. The van der Waals surface area contributed by atoms with Crippen LogP contribution in [0.4, 0.5) is 5.95 Å². The Labute approximate surface area is 217 Å². The molecule has 190 valence electrons. The second-order valence-corrected chi connectivity index (χ2v) is 9.60. The van der Waals surface area contributed by atoms with E-state index in [2.05, 4.69) is 26.7 Å². The Balaban J connectivity index is 1.47. The molecule has 37 heavy (non-hydrogen) atoms. The van der Waals surface area contributed by atoms with E-state index in [9.17, 15) is 4.79 Å². The van der Waals surface area contributed by atoms with Gasteiger partial charge in [0.1, 0.15) is 11.5 Å². The number of hydrogen-bond donors (Lipinski definition) is 2. The lowest BCUT2D eigenvalue weighted by Crippen LogP contribution is -2.38. The van der Waals surface area contributed by atoms with Gasteiger partial charge < -0.3 is 15.4 Å². The Hall–Kier alpha value is -3.84. The summed E-state index contributed by atoms with van der Waals surface area (Å²) in [6.45, 7) is 6.02. The normalized spacial score (nSPS) is 15.5. The second-order valence-electron chi connectivity index (χ2n) is 9.60. The first-order valence-corrected chi connectivity index (χ1v) is 13.1. The average Bonchev–Trinajstić information content (AvgIpc) is 2.91. The molecule has 2 aromatic carbocycles. The SMILES string of the molecule is CCCC(=O)Cc1cccc2c(Oc3ncccc3-c3ccnc(N[C@H]4CCCNC4)n3)c(C)ccc12. The molecule has 1 aliphatic rings. The quantitative estimate of drug-likeness (QED) is 0.300. The fourth-order valence-corrected chi connectivity index (χ4v) is 4.87. The number of aryl methyl sites for hydroxylation is 1. The Kier molecular flexibility index (Phi) is 7.70. The van der Waals surface area contributed by atoms with Crippen molar-refractivity contribution in [3.05, 3.63) is 72.1 Å². The zero-order valence-electron chi connectivity index (χ0n) is 21.5. The van der Waals surface area contributed by atoms with Crippen molar-refractivity contribution in [2.75, 3.05) is 18.4 Å². The topological polar surface area (TPSA) is 89.0 Å². The van der Waals surface area contributed by atoms with Gasteiger partial charge in [0.25, 0.3) is 0 Å². The van der Waals surface area contributed by atoms with Crippen molar-refractivity contribution in [2.45, 2.75) is 52.0 Å². The number of Topliss-reactive ketones (excluding diaryl/α,β-unsaturated/α-hetero) is 1. The maximum atomic E-state index is 12.4. The summed E-state index contributed by atoms with van der Waals surface area (Å²) >= 11 is 0. The summed E-state index contributed by atoms with van der Waals surface area (Å²) in [5.74, 6) is 2.07. The van der Waals surface area contributed by atoms with Crippen LogP contribution in [0.2, 0.25) is 0 Å². The molecule has 4 aromatic rings. The van der Waals surface area contributed by atoms with Crippen LogP contribution in [0, 0.1) is 6.92 Å². The lowest BCUT2D eigenvalue weighted by atomic mass is 9.97. The van der Waals surface area contributed by atoms with Crippen LogP contribution >= 0.6 is 0 Å². The third-order valence-electron chi connectivity index (χ3n) is 6.75. The molecule has 1 atom stereocenters. The number of benzene rings is 2. The molecule has 0 radical (unpaired) electrons. The molecule has 5 rings (SSSR count). The summed E-state index contributed by atoms with van der Waals surface area (Å²) in [5.41, 5.74) is 3.55. The molecule has 2 aromatic heterocycles. The molecular weight excluding hydrogens is 462 g/mol. The first kappa shape index (κ1) is 24.8. The largest absolute Gasteiger partial charge is 0.437 e. The van der Waals surface area contributed by atoms with E-state index in [4.69, 9.17) is 9.72 Å². The van der Waals surface area contributed by atoms with Crippen LogP contribution in [0.5, 0.6) is 11.6 Å². The minimum absolute atomic E-state index is 0.252. The van der Waals surface area contributed by atoms with Crippen molar-refractivity contribution < 1.29 is 9.53 Å². The van der Waals surface area contributed by atoms with Gasteiger partial charge in [-0.25, -0.2) is 15.0 Å². The van der Waals surface area contributed by atoms with Crippen molar-refractivity contribution in [2.24, 2.45) is 0 Å². The number of piperidine rings is 1. The Morgan fingerprint density at radius 3 is 2.84 bits per heavy atom. The molecule has 1 fully saturated rings. The number of nitrogens with one attached hydrogen (secondary N) is 2. The van der Waals surface area contributed by atoms with Crippen LogP contribution in [-0.2, 0) is 11.2 Å². The summed E-state index contributed by atoms with van der Waals surface area (Å²) < 4.78 is 6.52. The summed E-state index contributed by atoms with van der Waals surface area (Å²) in [6, 6.07) is 16.2. The van der Waals surface area contributed by atoms with Gasteiger partial charge in [0, 0.05) is 43.2 Å². The van der Waals surface area contributed by atoms with Crippen molar-refractivity contribution in [3.63, 3.8) is 0 Å². The number of carbonyl (C=O) groups excluding carboxylic acids is 1. The summed E-state index contributed by atoms with van der Waals surface area (Å²) in [7, 11) is 0. The molecular formula is C30H33N5O2. The minimum atomic E-state index is 0.252. The smallest absolute Gasteiger partial charge is 0.228 e. The van der Waals surface area contributed by atoms with E-state index >= 15 is 0 Å². The first-order valence-electron chi connectivity index (χ1n) is 13.1. The van der Waals surface area contributed by atoms with Crippen LogP contribution in [0.3, 0.4) is 0 Å². The second kappa shape index (κ2) is 11.5. The number of carbonyl (C=O) groups is 1. The lowest BCUT2D eigenvalue weighted by molar-refractivity contribution is -0.118. The van der Waals surface area contributed by atoms with Crippen LogP contribution in [0.1, 0.15) is 43.7 Å². The maximum absolute atomic E-state index is 12.4. The Bertz CT molecular complexity index is 1400. The number of ketones is 1. The molecule has 2 N–H and O–H groups in total. The number of nitrogens with zero attached hydrogens (tertiary/aromatic N) is 3. The van der Waals surface area contributed by atoms with Crippen LogP contribution < -0.4 is 15.4 Å². The third kappa shape index (κ3) is 5.78. The van der Waals surface area contributed by atoms with E-state index < -0.39 is 0 Å². The average molecular weight is 496 g/mol. The highest BCUT2D eigenvalue weighted by Crippen LogP contribution is 2.37. The van der Waals surface area contributed by atoms with Crippen molar-refractivity contribution >= 4 is 22.5 Å². The van der Waals surface area contributed by atoms with Gasteiger partial charge in [-0.2, -0.15) is 0 Å². The van der Waals surface area contributed by atoms with Crippen LogP contribution in [0.15, 0.2) is 60.9 Å². The predicted octanol–water partition coefficient (Wildman–Crippen LogP) is 5.87. The van der Waals surface area contributed by atoms with Gasteiger partial charge in [0.2, 0.25) is 11.8 Å². The number of fused-ring (bicyclic) bond motifs is 1. The monoisotopic (exact) mass is 495 g/mol. The molecule has 0 amide bonds. The maximum Gasteiger partial charge on any atom is 0.228 e. The van der Waals surface area contributed by atoms with Gasteiger partial charge in [0.05, 0.1) is 11.3 Å². The van der Waals surface area contributed by atoms with Gasteiger partial charge >= 0.3 is 0 Å². The van der Waals surface area contributed by atoms with E-state index in [1.54, 1.807) is 12.4 Å². The number of ether oxygens (including phenoxy) is 1. The standard InChI is InChI=1S/C30H33N5O2/c1-3-7-23(36)18-21-8-4-10-25-24(21)13-12-20(2)28(25)37-29-26(11-6-16-32-29)27-14-17-33-30(35-27)34-22-9-5-15-31-19-22/h4,6,8,10-14,16-17,22,31H,3,5,7,9,15,18-19H2,1-2H3,(H,33,34,35)/t22-/m0/s1. The summed E-state index contributed by atoms with van der Waals surface area (Å²) in [4.78, 5) is 26.2. The summed E-state index contributed by atoms with van der Waals surface area (Å²) in [5, 5.41) is 8.86. The van der Waals surface area contributed by atoms with Crippen LogP contribution in [0.25, 0.3) is 22.0 Å². The van der Waals surface area contributed by atoms with E-state index in [-0.39, 0.29) is 5.78 Å². The number of aromatic nitrogens is 3. The number of hydrogen-bond acceptors (Lipinski definition) is 7. The Morgan fingerprint density at radius 2 is 2.00 bits per heavy atom. The number of pyridine rings is 1.